The SMILES string of the molecule is COc1ccc(S(=O)(=O)N(CC(=O)N(C)Cc2ccc(C)cc2)c2ccc(C)cc2)cc1. The van der Waals surface area contributed by atoms with Crippen molar-refractivity contribution in [3.05, 3.63) is 89.5 Å². The highest BCUT2D eigenvalue weighted by Gasteiger charge is 2.28. The molecule has 3 aromatic rings. The van der Waals surface area contributed by atoms with E-state index in [0.29, 0.717) is 18.0 Å². The number of amides is 1. The minimum atomic E-state index is -3.97. The van der Waals surface area contributed by atoms with Gasteiger partial charge in [0.15, 0.2) is 0 Å². The Morgan fingerprint density at radius 2 is 1.38 bits per heavy atom. The summed E-state index contributed by atoms with van der Waals surface area (Å²) in [6.07, 6.45) is 0. The van der Waals surface area contributed by atoms with Gasteiger partial charge in [-0.3, -0.25) is 9.10 Å². The number of ether oxygens (including phenoxy) is 1. The van der Waals surface area contributed by atoms with Gasteiger partial charge in [0.05, 0.1) is 17.7 Å². The topological polar surface area (TPSA) is 66.9 Å². The van der Waals surface area contributed by atoms with Crippen molar-refractivity contribution in [3.8, 4) is 5.75 Å². The van der Waals surface area contributed by atoms with Crippen LogP contribution in [0, 0.1) is 13.8 Å². The summed E-state index contributed by atoms with van der Waals surface area (Å²) in [5.41, 5.74) is 3.55. The number of carbonyl (C=O) groups excluding carboxylic acids is 1. The van der Waals surface area contributed by atoms with Gasteiger partial charge in [-0.15, -0.1) is 0 Å². The van der Waals surface area contributed by atoms with E-state index in [9.17, 15) is 13.2 Å². The van der Waals surface area contributed by atoms with Crippen LogP contribution in [-0.4, -0.2) is 39.9 Å². The number of hydrogen-bond acceptors (Lipinski definition) is 4. The summed E-state index contributed by atoms with van der Waals surface area (Å²) in [5.74, 6) is 0.253. The summed E-state index contributed by atoms with van der Waals surface area (Å²) < 4.78 is 33.3. The van der Waals surface area contributed by atoms with Gasteiger partial charge < -0.3 is 9.64 Å². The predicted octanol–water partition coefficient (Wildman–Crippen LogP) is 4.17. The van der Waals surface area contributed by atoms with Crippen LogP contribution >= 0.6 is 0 Å². The summed E-state index contributed by atoms with van der Waals surface area (Å²) in [6, 6.07) is 21.1. The monoisotopic (exact) mass is 452 g/mol. The number of benzene rings is 3. The number of carbonyl (C=O) groups is 1. The van der Waals surface area contributed by atoms with Crippen LogP contribution in [0.5, 0.6) is 5.75 Å². The van der Waals surface area contributed by atoms with Gasteiger partial charge in [-0.1, -0.05) is 47.5 Å². The zero-order valence-electron chi connectivity index (χ0n) is 18.8. The quantitative estimate of drug-likeness (QED) is 0.515. The average molecular weight is 453 g/mol. The van der Waals surface area contributed by atoms with Gasteiger partial charge >= 0.3 is 0 Å². The lowest BCUT2D eigenvalue weighted by Gasteiger charge is -2.27. The Labute approximate surface area is 190 Å². The fourth-order valence-corrected chi connectivity index (χ4v) is 4.61. The van der Waals surface area contributed by atoms with Crippen LogP contribution in [-0.2, 0) is 21.4 Å². The molecule has 0 atom stereocenters. The van der Waals surface area contributed by atoms with Crippen LogP contribution in [0.3, 0.4) is 0 Å². The van der Waals surface area contributed by atoms with Crippen molar-refractivity contribution in [2.75, 3.05) is 25.0 Å². The molecule has 0 fully saturated rings. The van der Waals surface area contributed by atoms with E-state index in [0.717, 1.165) is 21.0 Å². The molecule has 0 spiro atoms. The molecule has 0 radical (unpaired) electrons. The van der Waals surface area contributed by atoms with Crippen LogP contribution in [0.15, 0.2) is 77.7 Å². The van der Waals surface area contributed by atoms with Crippen LogP contribution in [0.4, 0.5) is 5.69 Å². The van der Waals surface area contributed by atoms with Crippen molar-refractivity contribution in [3.63, 3.8) is 0 Å². The number of nitrogens with zero attached hydrogens (tertiary/aromatic N) is 2. The molecule has 3 aromatic carbocycles. The maximum atomic E-state index is 13.5. The largest absolute Gasteiger partial charge is 0.497 e. The number of hydrogen-bond donors (Lipinski definition) is 0. The van der Waals surface area contributed by atoms with E-state index >= 15 is 0 Å². The van der Waals surface area contributed by atoms with E-state index in [1.54, 1.807) is 31.3 Å². The van der Waals surface area contributed by atoms with Crippen LogP contribution < -0.4 is 9.04 Å². The first-order valence-electron chi connectivity index (χ1n) is 10.2. The third-order valence-corrected chi connectivity index (χ3v) is 7.00. The summed E-state index contributed by atoms with van der Waals surface area (Å²) in [5, 5.41) is 0. The molecule has 1 amide bonds. The zero-order chi connectivity index (χ0) is 23.3. The van der Waals surface area contributed by atoms with Crippen molar-refractivity contribution in [2.45, 2.75) is 25.3 Å². The van der Waals surface area contributed by atoms with Gasteiger partial charge in [-0.2, -0.15) is 0 Å². The minimum absolute atomic E-state index is 0.0906. The highest BCUT2D eigenvalue weighted by Crippen LogP contribution is 2.25. The maximum absolute atomic E-state index is 13.5. The van der Waals surface area contributed by atoms with Gasteiger partial charge in [-0.05, 0) is 55.8 Å². The van der Waals surface area contributed by atoms with E-state index in [4.69, 9.17) is 4.74 Å². The average Bonchev–Trinajstić information content (AvgIpc) is 2.79. The molecule has 0 bridgehead atoms. The first-order valence-corrected chi connectivity index (χ1v) is 11.7. The van der Waals surface area contributed by atoms with E-state index in [1.165, 1.54) is 24.1 Å². The minimum Gasteiger partial charge on any atom is -0.497 e. The number of aryl methyl sites for hydroxylation is 2. The van der Waals surface area contributed by atoms with Gasteiger partial charge in [0.1, 0.15) is 12.3 Å². The summed E-state index contributed by atoms with van der Waals surface area (Å²) >= 11 is 0. The number of sulfonamides is 1. The molecule has 0 saturated heterocycles. The molecule has 0 aromatic heterocycles. The van der Waals surface area contributed by atoms with Crippen LogP contribution in [0.2, 0.25) is 0 Å². The van der Waals surface area contributed by atoms with Crippen LogP contribution in [0.1, 0.15) is 16.7 Å². The molecule has 168 valence electrons. The predicted molar refractivity (Wildman–Crippen MR) is 126 cm³/mol. The first kappa shape index (κ1) is 23.3. The van der Waals surface area contributed by atoms with E-state index < -0.39 is 10.0 Å². The Bertz CT molecular complexity index is 1160. The number of methoxy groups -OCH3 is 1. The molecule has 0 aliphatic heterocycles. The zero-order valence-corrected chi connectivity index (χ0v) is 19.6. The Kier molecular flexibility index (Phi) is 7.20. The van der Waals surface area contributed by atoms with Crippen molar-refractivity contribution in [1.82, 2.24) is 4.90 Å². The second kappa shape index (κ2) is 9.87. The fraction of sp³-hybridized carbons (Fsp3) is 0.240. The third-order valence-electron chi connectivity index (χ3n) is 5.21. The lowest BCUT2D eigenvalue weighted by Crippen LogP contribution is -2.41. The Morgan fingerprint density at radius 1 is 0.844 bits per heavy atom. The normalized spacial score (nSPS) is 11.1. The van der Waals surface area contributed by atoms with Gasteiger partial charge in [-0.25, -0.2) is 8.42 Å². The lowest BCUT2D eigenvalue weighted by molar-refractivity contribution is -0.128. The van der Waals surface area contributed by atoms with Crippen molar-refractivity contribution < 1.29 is 17.9 Å². The van der Waals surface area contributed by atoms with E-state index in [1.807, 2.05) is 50.2 Å². The van der Waals surface area contributed by atoms with Crippen molar-refractivity contribution in [1.29, 1.82) is 0 Å². The molecule has 7 heteroatoms. The second-order valence-corrected chi connectivity index (χ2v) is 9.62. The first-order chi connectivity index (χ1) is 15.2. The Balaban J connectivity index is 1.89. The van der Waals surface area contributed by atoms with E-state index in [2.05, 4.69) is 0 Å². The highest BCUT2D eigenvalue weighted by atomic mass is 32.2. The molecule has 0 saturated carbocycles. The molecule has 0 N–H and O–H groups in total. The molecule has 0 unspecified atom stereocenters. The smallest absolute Gasteiger partial charge is 0.264 e. The molecular formula is C25H28N2O4S. The van der Waals surface area contributed by atoms with Gasteiger partial charge in [0.25, 0.3) is 10.0 Å². The second-order valence-electron chi connectivity index (χ2n) is 7.76. The van der Waals surface area contributed by atoms with Crippen molar-refractivity contribution >= 4 is 21.6 Å². The summed E-state index contributed by atoms with van der Waals surface area (Å²) in [6.45, 7) is 4.01. The lowest BCUT2D eigenvalue weighted by atomic mass is 10.1. The maximum Gasteiger partial charge on any atom is 0.264 e. The fourth-order valence-electron chi connectivity index (χ4n) is 3.20. The Morgan fingerprint density at radius 3 is 1.91 bits per heavy atom. The van der Waals surface area contributed by atoms with Gasteiger partial charge in [0.2, 0.25) is 5.91 Å². The molecule has 0 heterocycles. The van der Waals surface area contributed by atoms with Crippen LogP contribution in [0.25, 0.3) is 0 Å². The van der Waals surface area contributed by atoms with E-state index in [-0.39, 0.29) is 17.3 Å². The molecule has 32 heavy (non-hydrogen) atoms. The molecular weight excluding hydrogens is 424 g/mol. The molecule has 0 aliphatic carbocycles. The van der Waals surface area contributed by atoms with Gasteiger partial charge in [0, 0.05) is 13.6 Å². The summed E-state index contributed by atoms with van der Waals surface area (Å²) in [4.78, 5) is 14.7. The molecule has 3 rings (SSSR count). The Hall–Kier alpha value is -3.32. The third kappa shape index (κ3) is 5.48. The number of likely N-dealkylation sites (N-methyl/N-ethyl adjacent to an activating group) is 1. The molecule has 6 nitrogen and oxygen atoms in total. The number of anilines is 1. The molecule has 0 aliphatic rings. The van der Waals surface area contributed by atoms with Crippen molar-refractivity contribution in [2.24, 2.45) is 0 Å². The summed E-state index contributed by atoms with van der Waals surface area (Å²) in [7, 11) is -0.774. The highest BCUT2D eigenvalue weighted by molar-refractivity contribution is 7.92. The standard InChI is InChI=1S/C25H28N2O4S/c1-19-5-9-21(10-6-19)17-26(3)25(28)18-27(22-11-7-20(2)8-12-22)32(29,30)24-15-13-23(31-4)14-16-24/h5-16H,17-18H2,1-4H3. The number of rotatable bonds is 8.